The van der Waals surface area contributed by atoms with Crippen molar-refractivity contribution in [1.82, 2.24) is 15.1 Å². The van der Waals surface area contributed by atoms with Crippen LogP contribution in [-0.4, -0.2) is 62.7 Å². The third-order valence-electron chi connectivity index (χ3n) is 4.87. The molecule has 2 heterocycles. The molecule has 1 aliphatic rings. The highest BCUT2D eigenvalue weighted by Gasteiger charge is 2.25. The number of rotatable bonds is 6. The van der Waals surface area contributed by atoms with Crippen LogP contribution in [0.3, 0.4) is 0 Å². The number of furan rings is 1. The van der Waals surface area contributed by atoms with E-state index in [0.717, 1.165) is 56.9 Å². The molecule has 0 saturated carbocycles. The van der Waals surface area contributed by atoms with Crippen molar-refractivity contribution in [2.75, 3.05) is 46.9 Å². The van der Waals surface area contributed by atoms with Gasteiger partial charge in [0.05, 0.1) is 19.3 Å². The first-order valence-corrected chi connectivity index (χ1v) is 9.51. The minimum Gasteiger partial charge on any atom is -0.465 e. The van der Waals surface area contributed by atoms with Crippen LogP contribution in [0, 0.1) is 6.92 Å². The number of benzene rings is 1. The maximum Gasteiger partial charge on any atom is 0.193 e. The van der Waals surface area contributed by atoms with E-state index >= 15 is 0 Å². The SMILES string of the molecule is CN=C(NCC(c1ccc(C)o1)N1CCOCC1)N(C)Cc1ccccc1. The summed E-state index contributed by atoms with van der Waals surface area (Å²) in [5.74, 6) is 2.80. The van der Waals surface area contributed by atoms with Crippen molar-refractivity contribution in [3.63, 3.8) is 0 Å². The zero-order chi connectivity index (χ0) is 19.1. The normalized spacial score (nSPS) is 16.9. The van der Waals surface area contributed by atoms with Crippen LogP contribution in [0.15, 0.2) is 51.9 Å². The average molecular weight is 370 g/mol. The molecule has 27 heavy (non-hydrogen) atoms. The van der Waals surface area contributed by atoms with Gasteiger partial charge in [-0.2, -0.15) is 0 Å². The number of hydrogen-bond donors (Lipinski definition) is 1. The summed E-state index contributed by atoms with van der Waals surface area (Å²) in [5.41, 5.74) is 1.26. The summed E-state index contributed by atoms with van der Waals surface area (Å²) in [5, 5.41) is 3.53. The maximum atomic E-state index is 5.94. The second kappa shape index (κ2) is 9.58. The van der Waals surface area contributed by atoms with Gasteiger partial charge in [0.15, 0.2) is 5.96 Å². The molecular weight excluding hydrogens is 340 g/mol. The molecule has 1 fully saturated rings. The van der Waals surface area contributed by atoms with Gasteiger partial charge in [-0.15, -0.1) is 0 Å². The van der Waals surface area contributed by atoms with Crippen LogP contribution >= 0.6 is 0 Å². The zero-order valence-electron chi connectivity index (χ0n) is 16.5. The molecule has 1 aromatic carbocycles. The molecule has 0 spiro atoms. The summed E-state index contributed by atoms with van der Waals surface area (Å²) in [7, 11) is 3.88. The second-order valence-electron chi connectivity index (χ2n) is 6.88. The third kappa shape index (κ3) is 5.34. The number of guanidine groups is 1. The molecule has 1 N–H and O–H groups in total. The summed E-state index contributed by atoms with van der Waals surface area (Å²) in [6, 6.07) is 14.7. The Labute approximate surface area is 161 Å². The highest BCUT2D eigenvalue weighted by molar-refractivity contribution is 5.79. The van der Waals surface area contributed by atoms with Gasteiger partial charge < -0.3 is 19.4 Å². The largest absolute Gasteiger partial charge is 0.465 e. The molecule has 1 aromatic heterocycles. The van der Waals surface area contributed by atoms with Gasteiger partial charge in [-0.25, -0.2) is 0 Å². The highest BCUT2D eigenvalue weighted by atomic mass is 16.5. The molecule has 3 rings (SSSR count). The number of morpholine rings is 1. The van der Waals surface area contributed by atoms with Gasteiger partial charge >= 0.3 is 0 Å². The van der Waals surface area contributed by atoms with Gasteiger partial charge in [-0.05, 0) is 24.6 Å². The molecule has 146 valence electrons. The first kappa shape index (κ1) is 19.5. The van der Waals surface area contributed by atoms with Gasteiger partial charge in [0.2, 0.25) is 0 Å². The lowest BCUT2D eigenvalue weighted by Gasteiger charge is -2.34. The van der Waals surface area contributed by atoms with Crippen LogP contribution in [0.1, 0.15) is 23.1 Å². The molecule has 1 aliphatic heterocycles. The quantitative estimate of drug-likeness (QED) is 0.626. The fourth-order valence-corrected chi connectivity index (χ4v) is 3.44. The number of ether oxygens (including phenoxy) is 1. The van der Waals surface area contributed by atoms with Crippen LogP contribution in [0.4, 0.5) is 0 Å². The molecule has 0 bridgehead atoms. The summed E-state index contributed by atoms with van der Waals surface area (Å²) in [6.07, 6.45) is 0. The van der Waals surface area contributed by atoms with E-state index in [4.69, 9.17) is 9.15 Å². The van der Waals surface area contributed by atoms with Crippen LogP contribution in [-0.2, 0) is 11.3 Å². The number of aliphatic imine (C=N–C) groups is 1. The van der Waals surface area contributed by atoms with E-state index in [0.29, 0.717) is 0 Å². The summed E-state index contributed by atoms with van der Waals surface area (Å²) in [6.45, 7) is 6.87. The monoisotopic (exact) mass is 370 g/mol. The fraction of sp³-hybridized carbons (Fsp3) is 0.476. The highest BCUT2D eigenvalue weighted by Crippen LogP contribution is 2.23. The topological polar surface area (TPSA) is 53.2 Å². The smallest absolute Gasteiger partial charge is 0.193 e. The molecule has 0 radical (unpaired) electrons. The van der Waals surface area contributed by atoms with Crippen LogP contribution < -0.4 is 5.32 Å². The summed E-state index contributed by atoms with van der Waals surface area (Å²) >= 11 is 0. The predicted molar refractivity (Wildman–Crippen MR) is 108 cm³/mol. The van der Waals surface area contributed by atoms with Crippen molar-refractivity contribution < 1.29 is 9.15 Å². The Morgan fingerprint density at radius 2 is 1.93 bits per heavy atom. The molecule has 2 aromatic rings. The lowest BCUT2D eigenvalue weighted by Crippen LogP contribution is -2.46. The number of nitrogens with one attached hydrogen (secondary N) is 1. The summed E-state index contributed by atoms with van der Waals surface area (Å²) in [4.78, 5) is 9.01. The van der Waals surface area contributed by atoms with Gasteiger partial charge in [0.1, 0.15) is 11.5 Å². The van der Waals surface area contributed by atoms with E-state index in [1.54, 1.807) is 0 Å². The maximum absolute atomic E-state index is 5.94. The Kier molecular flexibility index (Phi) is 6.90. The van der Waals surface area contributed by atoms with Gasteiger partial charge in [0, 0.05) is 40.3 Å². The van der Waals surface area contributed by atoms with Crippen molar-refractivity contribution in [1.29, 1.82) is 0 Å². The van der Waals surface area contributed by atoms with Gasteiger partial charge in [-0.1, -0.05) is 30.3 Å². The van der Waals surface area contributed by atoms with Crippen LogP contribution in [0.5, 0.6) is 0 Å². The standard InChI is InChI=1S/C21H30N4O2/c1-17-9-10-20(27-17)19(25-11-13-26-14-12-25)15-23-21(22-2)24(3)16-18-7-5-4-6-8-18/h4-10,19H,11-16H2,1-3H3,(H,22,23). The average Bonchev–Trinajstić information content (AvgIpc) is 3.12. The van der Waals surface area contributed by atoms with Crippen LogP contribution in [0.25, 0.3) is 0 Å². The third-order valence-corrected chi connectivity index (χ3v) is 4.87. The van der Waals surface area contributed by atoms with Crippen molar-refractivity contribution >= 4 is 5.96 Å². The van der Waals surface area contributed by atoms with Crippen molar-refractivity contribution in [2.45, 2.75) is 19.5 Å². The van der Waals surface area contributed by atoms with Crippen molar-refractivity contribution in [3.8, 4) is 0 Å². The Morgan fingerprint density at radius 1 is 1.19 bits per heavy atom. The van der Waals surface area contributed by atoms with E-state index in [2.05, 4.69) is 57.5 Å². The minimum absolute atomic E-state index is 0.157. The molecule has 6 nitrogen and oxygen atoms in total. The Balaban J connectivity index is 1.65. The lowest BCUT2D eigenvalue weighted by atomic mass is 10.1. The molecule has 1 saturated heterocycles. The fourth-order valence-electron chi connectivity index (χ4n) is 3.44. The van der Waals surface area contributed by atoms with Crippen LogP contribution in [0.2, 0.25) is 0 Å². The van der Waals surface area contributed by atoms with E-state index in [-0.39, 0.29) is 6.04 Å². The molecule has 1 atom stereocenters. The lowest BCUT2D eigenvalue weighted by molar-refractivity contribution is 0.0123. The molecular formula is C21H30N4O2. The van der Waals surface area contributed by atoms with Gasteiger partial charge in [0.25, 0.3) is 0 Å². The van der Waals surface area contributed by atoms with Gasteiger partial charge in [-0.3, -0.25) is 9.89 Å². The molecule has 6 heteroatoms. The first-order chi connectivity index (χ1) is 13.2. The van der Waals surface area contributed by atoms with E-state index < -0.39 is 0 Å². The van der Waals surface area contributed by atoms with Crippen molar-refractivity contribution in [2.24, 2.45) is 4.99 Å². The van der Waals surface area contributed by atoms with E-state index in [1.807, 2.05) is 26.1 Å². The molecule has 0 amide bonds. The number of hydrogen-bond acceptors (Lipinski definition) is 4. The molecule has 1 unspecified atom stereocenters. The number of nitrogens with zero attached hydrogens (tertiary/aromatic N) is 3. The Hall–Kier alpha value is -2.31. The Morgan fingerprint density at radius 3 is 2.56 bits per heavy atom. The predicted octanol–water partition coefficient (Wildman–Crippen LogP) is 2.67. The number of aryl methyl sites for hydroxylation is 1. The second-order valence-corrected chi connectivity index (χ2v) is 6.88. The summed E-state index contributed by atoms with van der Waals surface area (Å²) < 4.78 is 11.5. The minimum atomic E-state index is 0.157. The zero-order valence-corrected chi connectivity index (χ0v) is 16.5. The molecule has 0 aliphatic carbocycles. The van der Waals surface area contributed by atoms with E-state index in [1.165, 1.54) is 5.56 Å². The first-order valence-electron chi connectivity index (χ1n) is 9.51. The van der Waals surface area contributed by atoms with Crippen molar-refractivity contribution in [3.05, 3.63) is 59.5 Å². The van der Waals surface area contributed by atoms with E-state index in [9.17, 15) is 0 Å². The Bertz CT molecular complexity index is 723.